The zero-order chi connectivity index (χ0) is 24.7. The average molecular weight is 477 g/mol. The fraction of sp³-hybridized carbons (Fsp3) is 0.464. The second-order valence-electron chi connectivity index (χ2n) is 10.8. The van der Waals surface area contributed by atoms with Crippen LogP contribution in [0.1, 0.15) is 50.2 Å². The molecule has 0 aromatic heterocycles. The van der Waals surface area contributed by atoms with Gasteiger partial charge in [-0.25, -0.2) is 9.59 Å². The summed E-state index contributed by atoms with van der Waals surface area (Å²) in [7, 11) is 0. The van der Waals surface area contributed by atoms with E-state index in [0.29, 0.717) is 18.9 Å². The number of carbonyl (C=O) groups is 3. The number of alkyl carbamates (subject to hydrolysis) is 1. The van der Waals surface area contributed by atoms with Gasteiger partial charge in [0.15, 0.2) is 0 Å². The molecule has 1 heterocycles. The highest BCUT2D eigenvalue weighted by molar-refractivity contribution is 5.88. The molecule has 184 valence electrons. The molecule has 1 saturated heterocycles. The maximum absolute atomic E-state index is 13.2. The molecule has 7 heteroatoms. The van der Waals surface area contributed by atoms with Gasteiger partial charge in [0, 0.05) is 24.4 Å². The number of carboxylic acid groups (broad SMARTS) is 1. The number of likely N-dealkylation sites (tertiary alicyclic amines) is 1. The predicted molar refractivity (Wildman–Crippen MR) is 131 cm³/mol. The summed E-state index contributed by atoms with van der Waals surface area (Å²) in [5.74, 6) is -1.18. The van der Waals surface area contributed by atoms with Gasteiger partial charge in [-0.15, -0.1) is 0 Å². The molecule has 2 N–H and O–H groups in total. The summed E-state index contributed by atoms with van der Waals surface area (Å²) in [4.78, 5) is 39.0. The Kier molecular flexibility index (Phi) is 6.03. The molecular weight excluding hydrogens is 444 g/mol. The van der Waals surface area contributed by atoms with E-state index < -0.39 is 29.4 Å². The summed E-state index contributed by atoms with van der Waals surface area (Å²) < 4.78 is 5.61. The Hall–Kier alpha value is -3.35. The van der Waals surface area contributed by atoms with Gasteiger partial charge in [-0.05, 0) is 34.6 Å². The normalized spacial score (nSPS) is 20.9. The van der Waals surface area contributed by atoms with Crippen LogP contribution in [0.25, 0.3) is 11.1 Å². The van der Waals surface area contributed by atoms with Gasteiger partial charge < -0.3 is 20.1 Å². The minimum absolute atomic E-state index is 0.0308. The maximum atomic E-state index is 13.2. The predicted octanol–water partition coefficient (Wildman–Crippen LogP) is 4.26. The van der Waals surface area contributed by atoms with Crippen LogP contribution in [0.3, 0.4) is 0 Å². The van der Waals surface area contributed by atoms with Gasteiger partial charge in [0.05, 0.1) is 5.92 Å². The number of aliphatic carboxylic acids is 1. The monoisotopic (exact) mass is 476 g/mol. The van der Waals surface area contributed by atoms with Gasteiger partial charge in [0.1, 0.15) is 12.6 Å². The van der Waals surface area contributed by atoms with E-state index in [0.717, 1.165) is 35.1 Å². The summed E-state index contributed by atoms with van der Waals surface area (Å²) >= 11 is 0. The number of rotatable bonds is 8. The van der Waals surface area contributed by atoms with E-state index in [-0.39, 0.29) is 25.0 Å². The van der Waals surface area contributed by atoms with Crippen LogP contribution < -0.4 is 5.32 Å². The van der Waals surface area contributed by atoms with Gasteiger partial charge in [-0.2, -0.15) is 0 Å². The lowest BCUT2D eigenvalue weighted by Gasteiger charge is -2.52. The van der Waals surface area contributed by atoms with E-state index in [1.54, 1.807) is 0 Å². The molecule has 2 atom stereocenters. The Labute approximate surface area is 205 Å². The van der Waals surface area contributed by atoms with Crippen molar-refractivity contribution in [2.45, 2.75) is 45.1 Å². The first-order chi connectivity index (χ1) is 16.8. The molecule has 2 amide bonds. The second-order valence-corrected chi connectivity index (χ2v) is 10.8. The van der Waals surface area contributed by atoms with Crippen molar-refractivity contribution < 1.29 is 24.2 Å². The van der Waals surface area contributed by atoms with Crippen LogP contribution in [-0.2, 0) is 14.3 Å². The molecule has 35 heavy (non-hydrogen) atoms. The highest BCUT2D eigenvalue weighted by Crippen LogP contribution is 2.44. The fourth-order valence-electron chi connectivity index (χ4n) is 5.72. The van der Waals surface area contributed by atoms with Gasteiger partial charge in [-0.1, -0.05) is 75.2 Å². The van der Waals surface area contributed by atoms with Crippen LogP contribution in [0.2, 0.25) is 0 Å². The first kappa shape index (κ1) is 23.4. The third-order valence-electron chi connectivity index (χ3n) is 7.65. The van der Waals surface area contributed by atoms with Crippen molar-refractivity contribution in [2.75, 3.05) is 19.7 Å². The second kappa shape index (κ2) is 9.02. The summed E-state index contributed by atoms with van der Waals surface area (Å²) in [6.07, 6.45) is 2.25. The lowest BCUT2D eigenvalue weighted by Crippen LogP contribution is -2.68. The number of carbonyl (C=O) groups excluding carboxylic acids is 2. The molecule has 2 aromatic carbocycles. The Bertz CT molecular complexity index is 1110. The number of amides is 2. The zero-order valence-electron chi connectivity index (χ0n) is 20.2. The third-order valence-corrected chi connectivity index (χ3v) is 7.65. The van der Waals surface area contributed by atoms with Gasteiger partial charge in [0.2, 0.25) is 5.91 Å². The van der Waals surface area contributed by atoms with Crippen LogP contribution in [0.4, 0.5) is 4.79 Å². The molecule has 7 nitrogen and oxygen atoms in total. The Morgan fingerprint density at radius 1 is 1.06 bits per heavy atom. The number of ether oxygens (including phenoxy) is 1. The largest absolute Gasteiger partial charge is 0.480 e. The number of fused-ring (bicyclic) bond motifs is 3. The molecule has 2 aromatic rings. The van der Waals surface area contributed by atoms with Gasteiger partial charge in [-0.3, -0.25) is 4.79 Å². The Morgan fingerprint density at radius 3 is 2.20 bits per heavy atom. The average Bonchev–Trinajstić information content (AvgIpc) is 3.59. The number of hydrogen-bond acceptors (Lipinski definition) is 4. The van der Waals surface area contributed by atoms with Gasteiger partial charge >= 0.3 is 12.1 Å². The standard InChI is InChI=1S/C28H32N2O5/c1-28(2)16-30(24(28)26(32)33)25(31)18(13-17-11-12-17)14-29-27(34)35-15-23-21-9-5-3-7-19(21)20-8-4-6-10-22(20)23/h3-10,17-18,23-24H,11-16H2,1-2H3,(H,29,34)(H,32,33). The van der Waals surface area contributed by atoms with E-state index in [1.165, 1.54) is 4.90 Å². The number of nitrogens with zero attached hydrogens (tertiary/aromatic N) is 1. The minimum atomic E-state index is -0.982. The minimum Gasteiger partial charge on any atom is -0.480 e. The molecule has 2 unspecified atom stereocenters. The van der Waals surface area contributed by atoms with Crippen molar-refractivity contribution in [1.82, 2.24) is 10.2 Å². The van der Waals surface area contributed by atoms with E-state index in [4.69, 9.17) is 4.74 Å². The third kappa shape index (κ3) is 4.51. The first-order valence-corrected chi connectivity index (χ1v) is 12.4. The number of hydrogen-bond donors (Lipinski definition) is 2. The molecule has 2 aliphatic carbocycles. The van der Waals surface area contributed by atoms with E-state index >= 15 is 0 Å². The van der Waals surface area contributed by atoms with Gasteiger partial charge in [0.25, 0.3) is 0 Å². The summed E-state index contributed by atoms with van der Waals surface area (Å²) in [6, 6.07) is 15.5. The SMILES string of the molecule is CC1(C)CN(C(=O)C(CNC(=O)OCC2c3ccccc3-c3ccccc32)CC2CC2)C1C(=O)O. The highest BCUT2D eigenvalue weighted by atomic mass is 16.5. The highest BCUT2D eigenvalue weighted by Gasteiger charge is 2.53. The van der Waals surface area contributed by atoms with Crippen molar-refractivity contribution in [3.05, 3.63) is 59.7 Å². The van der Waals surface area contributed by atoms with Crippen molar-refractivity contribution in [2.24, 2.45) is 17.3 Å². The zero-order valence-corrected chi connectivity index (χ0v) is 20.2. The molecule has 1 saturated carbocycles. The van der Waals surface area contributed by atoms with E-state index in [2.05, 4.69) is 29.6 Å². The number of carboxylic acids is 1. The molecule has 2 fully saturated rings. The topological polar surface area (TPSA) is 95.9 Å². The van der Waals surface area contributed by atoms with E-state index in [9.17, 15) is 19.5 Å². The van der Waals surface area contributed by atoms with E-state index in [1.807, 2.05) is 38.1 Å². The molecule has 0 bridgehead atoms. The summed E-state index contributed by atoms with van der Waals surface area (Å²) in [6.45, 7) is 4.49. The molecule has 0 spiro atoms. The maximum Gasteiger partial charge on any atom is 0.407 e. The molecule has 0 radical (unpaired) electrons. The van der Waals surface area contributed by atoms with Crippen molar-refractivity contribution in [3.8, 4) is 11.1 Å². The Morgan fingerprint density at radius 2 is 1.66 bits per heavy atom. The van der Waals surface area contributed by atoms with Crippen molar-refractivity contribution in [3.63, 3.8) is 0 Å². The van der Waals surface area contributed by atoms with Crippen LogP contribution in [0, 0.1) is 17.3 Å². The summed E-state index contributed by atoms with van der Waals surface area (Å²) in [5, 5.41) is 12.4. The molecule has 5 rings (SSSR count). The molecule has 3 aliphatic rings. The van der Waals surface area contributed by atoms with Crippen LogP contribution in [0.5, 0.6) is 0 Å². The lowest BCUT2D eigenvalue weighted by molar-refractivity contribution is -0.174. The van der Waals surface area contributed by atoms with Crippen LogP contribution in [0.15, 0.2) is 48.5 Å². The van der Waals surface area contributed by atoms with Crippen LogP contribution in [-0.4, -0.2) is 53.7 Å². The first-order valence-electron chi connectivity index (χ1n) is 12.4. The number of benzene rings is 2. The lowest BCUT2D eigenvalue weighted by atomic mass is 9.74. The smallest absolute Gasteiger partial charge is 0.407 e. The fourth-order valence-corrected chi connectivity index (χ4v) is 5.72. The number of nitrogens with one attached hydrogen (secondary N) is 1. The van der Waals surface area contributed by atoms with Crippen LogP contribution >= 0.6 is 0 Å². The quantitative estimate of drug-likeness (QED) is 0.593. The van der Waals surface area contributed by atoms with Crippen molar-refractivity contribution in [1.29, 1.82) is 0 Å². The summed E-state index contributed by atoms with van der Waals surface area (Å²) in [5.41, 5.74) is 4.16. The molecule has 1 aliphatic heterocycles. The Balaban J connectivity index is 1.20. The molecular formula is C28H32N2O5. The van der Waals surface area contributed by atoms with Crippen molar-refractivity contribution >= 4 is 18.0 Å².